The fourth-order valence-electron chi connectivity index (χ4n) is 3.55. The number of carbonyl (C=O) groups excluding carboxylic acids is 1. The van der Waals surface area contributed by atoms with Crippen LogP contribution in [0.25, 0.3) is 0 Å². The Morgan fingerprint density at radius 3 is 2.50 bits per heavy atom. The van der Waals surface area contributed by atoms with E-state index in [-0.39, 0.29) is 16.7 Å². The van der Waals surface area contributed by atoms with Gasteiger partial charge in [-0.05, 0) is 54.0 Å². The summed E-state index contributed by atoms with van der Waals surface area (Å²) < 4.78 is 0. The summed E-state index contributed by atoms with van der Waals surface area (Å²) in [6, 6.07) is 8.62. The standard InChI is InChI=1S/C22H28N2OS/c1-15-11-18(22(3,4)5)12-16(2)19(15)8-10-24-20(25)14-26-21(24)17-7-6-9-23-13-17/h6-7,9,11-13,21H,8,10,14H2,1-5H3. The maximum atomic E-state index is 12.4. The summed E-state index contributed by atoms with van der Waals surface area (Å²) in [5, 5.41) is 0.0886. The van der Waals surface area contributed by atoms with Gasteiger partial charge in [-0.1, -0.05) is 39.0 Å². The molecular formula is C22H28N2OS. The first-order chi connectivity index (χ1) is 12.3. The first-order valence-corrected chi connectivity index (χ1v) is 10.2. The predicted molar refractivity (Wildman–Crippen MR) is 109 cm³/mol. The molecule has 1 aliphatic rings. The van der Waals surface area contributed by atoms with E-state index < -0.39 is 0 Å². The largest absolute Gasteiger partial charge is 0.325 e. The highest BCUT2D eigenvalue weighted by Gasteiger charge is 2.32. The van der Waals surface area contributed by atoms with E-state index in [2.05, 4.69) is 57.8 Å². The normalized spacial score (nSPS) is 17.8. The predicted octanol–water partition coefficient (Wildman–Crippen LogP) is 4.81. The van der Waals surface area contributed by atoms with E-state index >= 15 is 0 Å². The van der Waals surface area contributed by atoms with Crippen molar-refractivity contribution in [3.05, 3.63) is 64.5 Å². The molecule has 2 heterocycles. The highest BCUT2D eigenvalue weighted by atomic mass is 32.2. The number of nitrogens with zero attached hydrogens (tertiary/aromatic N) is 2. The second-order valence-electron chi connectivity index (χ2n) is 8.13. The van der Waals surface area contributed by atoms with Gasteiger partial charge in [0.2, 0.25) is 5.91 Å². The van der Waals surface area contributed by atoms with Gasteiger partial charge in [0.1, 0.15) is 5.37 Å². The monoisotopic (exact) mass is 368 g/mol. The van der Waals surface area contributed by atoms with Crippen molar-refractivity contribution in [2.24, 2.45) is 0 Å². The van der Waals surface area contributed by atoms with Crippen molar-refractivity contribution >= 4 is 17.7 Å². The maximum Gasteiger partial charge on any atom is 0.233 e. The van der Waals surface area contributed by atoms with Crippen molar-refractivity contribution in [3.63, 3.8) is 0 Å². The van der Waals surface area contributed by atoms with E-state index in [1.165, 1.54) is 22.3 Å². The number of hydrogen-bond acceptors (Lipinski definition) is 3. The molecule has 1 aromatic heterocycles. The van der Waals surface area contributed by atoms with Crippen LogP contribution >= 0.6 is 11.8 Å². The van der Waals surface area contributed by atoms with E-state index in [9.17, 15) is 4.79 Å². The van der Waals surface area contributed by atoms with E-state index in [0.717, 1.165) is 18.5 Å². The minimum Gasteiger partial charge on any atom is -0.325 e. The maximum absolute atomic E-state index is 12.4. The molecular weight excluding hydrogens is 340 g/mol. The molecule has 2 aromatic rings. The van der Waals surface area contributed by atoms with E-state index in [4.69, 9.17) is 0 Å². The first kappa shape index (κ1) is 19.0. The molecule has 0 saturated carbocycles. The molecule has 0 N–H and O–H groups in total. The van der Waals surface area contributed by atoms with Crippen LogP contribution < -0.4 is 0 Å². The average molecular weight is 369 g/mol. The topological polar surface area (TPSA) is 33.2 Å². The lowest BCUT2D eigenvalue weighted by atomic mass is 9.83. The lowest BCUT2D eigenvalue weighted by Gasteiger charge is -2.26. The molecule has 3 nitrogen and oxygen atoms in total. The van der Waals surface area contributed by atoms with Crippen LogP contribution in [-0.4, -0.2) is 28.1 Å². The smallest absolute Gasteiger partial charge is 0.233 e. The first-order valence-electron chi connectivity index (χ1n) is 9.19. The number of amides is 1. The van der Waals surface area contributed by atoms with Crippen molar-refractivity contribution in [2.45, 2.75) is 51.8 Å². The Morgan fingerprint density at radius 2 is 1.92 bits per heavy atom. The third-order valence-electron chi connectivity index (χ3n) is 5.10. The number of aryl methyl sites for hydroxylation is 2. The molecule has 1 unspecified atom stereocenters. The number of carbonyl (C=O) groups is 1. The van der Waals surface area contributed by atoms with Gasteiger partial charge in [0.15, 0.2) is 0 Å². The summed E-state index contributed by atoms with van der Waals surface area (Å²) in [4.78, 5) is 18.6. The summed E-state index contributed by atoms with van der Waals surface area (Å²) >= 11 is 1.70. The zero-order chi connectivity index (χ0) is 18.9. The molecule has 26 heavy (non-hydrogen) atoms. The van der Waals surface area contributed by atoms with Crippen molar-refractivity contribution in [1.29, 1.82) is 0 Å². The van der Waals surface area contributed by atoms with Gasteiger partial charge in [0, 0.05) is 24.5 Å². The average Bonchev–Trinajstić information content (AvgIpc) is 2.95. The van der Waals surface area contributed by atoms with Crippen LogP contribution in [0.4, 0.5) is 0 Å². The lowest BCUT2D eigenvalue weighted by Crippen LogP contribution is -2.30. The Hall–Kier alpha value is -1.81. The van der Waals surface area contributed by atoms with Gasteiger partial charge < -0.3 is 4.90 Å². The number of thioether (sulfide) groups is 1. The third-order valence-corrected chi connectivity index (χ3v) is 6.36. The fraction of sp³-hybridized carbons (Fsp3) is 0.455. The number of pyridine rings is 1. The molecule has 3 rings (SSSR count). The highest BCUT2D eigenvalue weighted by molar-refractivity contribution is 8.00. The van der Waals surface area contributed by atoms with E-state index in [1.807, 2.05) is 17.2 Å². The zero-order valence-electron chi connectivity index (χ0n) is 16.4. The van der Waals surface area contributed by atoms with Crippen LogP contribution in [0.5, 0.6) is 0 Å². The molecule has 0 spiro atoms. The van der Waals surface area contributed by atoms with Crippen LogP contribution in [0, 0.1) is 13.8 Å². The Labute approximate surface area is 161 Å². The summed E-state index contributed by atoms with van der Waals surface area (Å²) in [6.45, 7) is 11.9. The molecule has 0 aliphatic carbocycles. The number of aromatic nitrogens is 1. The van der Waals surface area contributed by atoms with Gasteiger partial charge in [-0.25, -0.2) is 0 Å². The number of hydrogen-bond donors (Lipinski definition) is 0. The SMILES string of the molecule is Cc1cc(C(C)(C)C)cc(C)c1CCN1C(=O)CSC1c1cccnc1. The van der Waals surface area contributed by atoms with Gasteiger partial charge in [0.25, 0.3) is 0 Å². The Morgan fingerprint density at radius 1 is 1.23 bits per heavy atom. The number of rotatable bonds is 4. The van der Waals surface area contributed by atoms with Gasteiger partial charge in [0.05, 0.1) is 5.75 Å². The molecule has 0 bridgehead atoms. The van der Waals surface area contributed by atoms with Gasteiger partial charge in [-0.2, -0.15) is 0 Å². The third kappa shape index (κ3) is 3.96. The molecule has 4 heteroatoms. The number of benzene rings is 1. The second-order valence-corrected chi connectivity index (χ2v) is 9.19. The second kappa shape index (κ2) is 7.43. The summed E-state index contributed by atoms with van der Waals surface area (Å²) in [7, 11) is 0. The molecule has 1 aromatic carbocycles. The Kier molecular flexibility index (Phi) is 5.42. The van der Waals surface area contributed by atoms with Crippen LogP contribution in [0.3, 0.4) is 0 Å². The highest BCUT2D eigenvalue weighted by Crippen LogP contribution is 2.38. The molecule has 1 amide bonds. The molecule has 1 saturated heterocycles. The zero-order valence-corrected chi connectivity index (χ0v) is 17.2. The van der Waals surface area contributed by atoms with Crippen molar-refractivity contribution in [1.82, 2.24) is 9.88 Å². The summed E-state index contributed by atoms with van der Waals surface area (Å²) in [6.07, 6.45) is 4.54. The molecule has 1 aliphatic heterocycles. The fourth-order valence-corrected chi connectivity index (χ4v) is 4.75. The molecule has 1 fully saturated rings. The lowest BCUT2D eigenvalue weighted by molar-refractivity contribution is -0.128. The summed E-state index contributed by atoms with van der Waals surface area (Å²) in [5.41, 5.74) is 6.66. The molecule has 1 atom stereocenters. The van der Waals surface area contributed by atoms with Crippen LogP contribution in [0.2, 0.25) is 0 Å². The minimum absolute atomic E-state index is 0.0886. The Bertz CT molecular complexity index is 773. The van der Waals surface area contributed by atoms with Crippen molar-refractivity contribution in [3.8, 4) is 0 Å². The Balaban J connectivity index is 1.78. The summed E-state index contributed by atoms with van der Waals surface area (Å²) in [5.74, 6) is 0.783. The van der Waals surface area contributed by atoms with Crippen LogP contribution in [-0.2, 0) is 16.6 Å². The van der Waals surface area contributed by atoms with Crippen LogP contribution in [0.1, 0.15) is 54.0 Å². The van der Waals surface area contributed by atoms with Gasteiger partial charge >= 0.3 is 0 Å². The molecule has 0 radical (unpaired) electrons. The van der Waals surface area contributed by atoms with Crippen LogP contribution in [0.15, 0.2) is 36.7 Å². The molecule has 138 valence electrons. The quantitative estimate of drug-likeness (QED) is 0.776. The van der Waals surface area contributed by atoms with E-state index in [1.54, 1.807) is 18.0 Å². The van der Waals surface area contributed by atoms with Gasteiger partial charge in [-0.15, -0.1) is 11.8 Å². The van der Waals surface area contributed by atoms with Crippen molar-refractivity contribution in [2.75, 3.05) is 12.3 Å². The van der Waals surface area contributed by atoms with E-state index in [0.29, 0.717) is 5.75 Å². The van der Waals surface area contributed by atoms with Gasteiger partial charge in [-0.3, -0.25) is 9.78 Å². The minimum atomic E-state index is 0.0886. The van der Waals surface area contributed by atoms with Crippen molar-refractivity contribution < 1.29 is 4.79 Å².